The number of thiophene rings is 1. The van der Waals surface area contributed by atoms with Crippen molar-refractivity contribution in [3.63, 3.8) is 0 Å². The number of aromatic amines is 1. The SMILES string of the molecule is O=S(=O)=C1C=CC2=c3cc(/C=C/c4ccc(/C=C/c5sc(/C=C/c6ccc(NC7CCC7)cc6)c6c5OCCO6)c5nsnc45)[nH]c3=CC(=S(=O)=O)C2=C1. The zero-order chi connectivity index (χ0) is 36.8. The number of aromatic nitrogens is 3. The van der Waals surface area contributed by atoms with E-state index in [2.05, 4.69) is 55.5 Å². The quantitative estimate of drug-likeness (QED) is 0.185. The van der Waals surface area contributed by atoms with Crippen LogP contribution < -0.4 is 25.4 Å². The van der Waals surface area contributed by atoms with E-state index >= 15 is 0 Å². The molecule has 0 bridgehead atoms. The molecule has 270 valence electrons. The minimum absolute atomic E-state index is 0.0201. The standard InChI is InChI=1S/C40H30N4O6S4/c45-53(46)29-14-15-30-31-20-28(42-33(31)22-36(54(47)48)32(30)21-29)13-9-24-7-8-25(38-37(24)43-52-44-38)10-17-35-40-39(49-18-19-50-40)34(51-35)16-6-23-4-11-27(12-5-23)41-26-2-1-3-26/h4-17,20-22,26,41-42H,1-3,18-19H2/b13-9+,16-6+,17-10+. The average molecular weight is 791 g/mol. The molecule has 0 radical (unpaired) electrons. The number of H-pyrrole nitrogens is 1. The van der Waals surface area contributed by atoms with Crippen LogP contribution >= 0.6 is 23.1 Å². The number of allylic oxidation sites excluding steroid dienone is 4. The molecule has 4 heterocycles. The lowest BCUT2D eigenvalue weighted by Crippen LogP contribution is -2.33. The Hall–Kier alpha value is -5.54. The monoisotopic (exact) mass is 790 g/mol. The number of fused-ring (bicyclic) bond motifs is 4. The summed E-state index contributed by atoms with van der Waals surface area (Å²) in [7, 11) is -5.06. The largest absolute Gasteiger partial charge is 0.485 e. The van der Waals surface area contributed by atoms with Crippen LogP contribution in [-0.2, 0) is 20.6 Å². The van der Waals surface area contributed by atoms with Gasteiger partial charge in [0.25, 0.3) is 0 Å². The first kappa shape index (κ1) is 34.2. The molecule has 0 amide bonds. The van der Waals surface area contributed by atoms with Crippen molar-refractivity contribution in [2.24, 2.45) is 0 Å². The highest BCUT2D eigenvalue weighted by atomic mass is 32.2. The van der Waals surface area contributed by atoms with Gasteiger partial charge in [0.2, 0.25) is 20.6 Å². The number of hydrogen-bond acceptors (Lipinski definition) is 11. The molecule has 0 saturated heterocycles. The maximum atomic E-state index is 12.1. The van der Waals surface area contributed by atoms with Crippen LogP contribution in [0.25, 0.3) is 59.1 Å². The topological polar surface area (TPSA) is 140 Å². The summed E-state index contributed by atoms with van der Waals surface area (Å²) in [5.74, 6) is 1.51. The molecule has 2 N–H and O–H groups in total. The zero-order valence-corrected chi connectivity index (χ0v) is 31.7. The minimum Gasteiger partial charge on any atom is -0.485 e. The van der Waals surface area contributed by atoms with Gasteiger partial charge in [0.05, 0.1) is 26.3 Å². The van der Waals surface area contributed by atoms with Gasteiger partial charge in [0.15, 0.2) is 11.5 Å². The fraction of sp³-hybridized carbons (Fsp3) is 0.150. The van der Waals surface area contributed by atoms with E-state index in [4.69, 9.17) is 9.47 Å². The summed E-state index contributed by atoms with van der Waals surface area (Å²) in [6.45, 7) is 0.986. The minimum atomic E-state index is -2.57. The second-order valence-corrected chi connectivity index (χ2v) is 16.5. The van der Waals surface area contributed by atoms with E-state index in [0.29, 0.717) is 35.8 Å². The lowest BCUT2D eigenvalue weighted by molar-refractivity contribution is 0.173. The molecule has 4 aliphatic rings. The van der Waals surface area contributed by atoms with Crippen molar-refractivity contribution in [1.29, 1.82) is 0 Å². The first-order chi connectivity index (χ1) is 26.4. The van der Waals surface area contributed by atoms with Crippen LogP contribution in [0.1, 0.15) is 51.4 Å². The third kappa shape index (κ3) is 6.62. The second kappa shape index (κ2) is 14.4. The first-order valence-corrected chi connectivity index (χ1v) is 20.9. The molecule has 1 fully saturated rings. The number of benzene rings is 2. The van der Waals surface area contributed by atoms with Gasteiger partial charge in [-0.15, -0.1) is 11.3 Å². The Labute approximate surface area is 320 Å². The summed E-state index contributed by atoms with van der Waals surface area (Å²) in [5, 5.41) is 4.98. The second-order valence-electron chi connectivity index (χ2n) is 13.0. The predicted molar refractivity (Wildman–Crippen MR) is 220 cm³/mol. The molecule has 10 nitrogen and oxygen atoms in total. The molecule has 2 aromatic carbocycles. The third-order valence-electron chi connectivity index (χ3n) is 9.66. The Balaban J connectivity index is 0.976. The number of hydrogen-bond donors (Lipinski definition) is 2. The number of nitrogens with zero attached hydrogens (tertiary/aromatic N) is 2. The third-order valence-corrected chi connectivity index (χ3v) is 12.6. The van der Waals surface area contributed by atoms with Gasteiger partial charge in [0.1, 0.15) is 29.1 Å². The van der Waals surface area contributed by atoms with Crippen LogP contribution in [0.2, 0.25) is 0 Å². The van der Waals surface area contributed by atoms with Crippen LogP contribution in [0.3, 0.4) is 0 Å². The van der Waals surface area contributed by atoms with E-state index in [1.807, 2.05) is 42.5 Å². The number of ether oxygens (including phenoxy) is 2. The van der Waals surface area contributed by atoms with Crippen molar-refractivity contribution in [1.82, 2.24) is 13.7 Å². The van der Waals surface area contributed by atoms with E-state index in [9.17, 15) is 16.8 Å². The summed E-state index contributed by atoms with van der Waals surface area (Å²) in [4.78, 5) is 5.28. The van der Waals surface area contributed by atoms with Crippen molar-refractivity contribution in [2.45, 2.75) is 25.3 Å². The van der Waals surface area contributed by atoms with Crippen LogP contribution in [0.5, 0.6) is 11.5 Å². The first-order valence-electron chi connectivity index (χ1n) is 17.2. The Kier molecular flexibility index (Phi) is 9.11. The Morgan fingerprint density at radius 1 is 0.778 bits per heavy atom. The molecule has 5 aromatic rings. The zero-order valence-electron chi connectivity index (χ0n) is 28.4. The van der Waals surface area contributed by atoms with Gasteiger partial charge >= 0.3 is 0 Å². The normalized spacial score (nSPS) is 16.5. The van der Waals surface area contributed by atoms with Gasteiger partial charge < -0.3 is 19.8 Å². The highest BCUT2D eigenvalue weighted by molar-refractivity contribution is 7.74. The summed E-state index contributed by atoms with van der Waals surface area (Å²) >= 11 is 2.76. The molecule has 54 heavy (non-hydrogen) atoms. The van der Waals surface area contributed by atoms with E-state index < -0.39 is 20.6 Å². The number of nitrogens with one attached hydrogen (secondary N) is 2. The van der Waals surface area contributed by atoms with Gasteiger partial charge in [-0.05, 0) is 85.1 Å². The molecular formula is C40H30N4O6S4. The van der Waals surface area contributed by atoms with Crippen molar-refractivity contribution in [2.75, 3.05) is 18.5 Å². The van der Waals surface area contributed by atoms with Gasteiger partial charge in [-0.3, -0.25) is 0 Å². The smallest absolute Gasteiger partial charge is 0.222 e. The molecular weight excluding hydrogens is 761 g/mol. The Morgan fingerprint density at radius 2 is 1.46 bits per heavy atom. The van der Waals surface area contributed by atoms with Crippen LogP contribution in [0.4, 0.5) is 5.69 Å². The number of rotatable bonds is 8. The summed E-state index contributed by atoms with van der Waals surface area (Å²) in [6.07, 6.45) is 21.9. The van der Waals surface area contributed by atoms with Crippen LogP contribution in [-0.4, -0.2) is 59.6 Å². The van der Waals surface area contributed by atoms with Crippen molar-refractivity contribution in [3.8, 4) is 11.5 Å². The van der Waals surface area contributed by atoms with E-state index in [-0.39, 0.29) is 9.73 Å². The molecule has 3 aliphatic carbocycles. The van der Waals surface area contributed by atoms with E-state index in [0.717, 1.165) is 77.3 Å². The molecule has 0 unspecified atom stereocenters. The van der Waals surface area contributed by atoms with Crippen LogP contribution in [0.15, 0.2) is 66.3 Å². The molecule has 1 saturated carbocycles. The van der Waals surface area contributed by atoms with Gasteiger partial charge in [-0.1, -0.05) is 48.6 Å². The molecule has 9 rings (SSSR count). The van der Waals surface area contributed by atoms with Crippen molar-refractivity contribution in [3.05, 3.63) is 109 Å². The van der Waals surface area contributed by atoms with Gasteiger partial charge in [0, 0.05) is 44.7 Å². The molecule has 3 aromatic heterocycles. The van der Waals surface area contributed by atoms with E-state index in [1.54, 1.807) is 17.4 Å². The average Bonchev–Trinajstić information content (AvgIpc) is 3.91. The molecule has 0 atom stereocenters. The highest BCUT2D eigenvalue weighted by Crippen LogP contribution is 2.46. The maximum absolute atomic E-state index is 12.1. The van der Waals surface area contributed by atoms with Crippen molar-refractivity contribution < 1.29 is 26.3 Å². The lowest BCUT2D eigenvalue weighted by atomic mass is 9.92. The van der Waals surface area contributed by atoms with E-state index in [1.165, 1.54) is 37.5 Å². The van der Waals surface area contributed by atoms with Crippen molar-refractivity contribution >= 4 is 118 Å². The number of anilines is 1. The molecule has 14 heteroatoms. The summed E-state index contributed by atoms with van der Waals surface area (Å²) in [6, 6.07) is 15.0. The fourth-order valence-corrected chi connectivity index (χ4v) is 9.26. The van der Waals surface area contributed by atoms with Gasteiger partial charge in [-0.25, -0.2) is 0 Å². The summed E-state index contributed by atoms with van der Waals surface area (Å²) < 4.78 is 68.7. The maximum Gasteiger partial charge on any atom is 0.222 e. The molecule has 0 spiro atoms. The lowest BCUT2D eigenvalue weighted by Gasteiger charge is -2.27. The highest BCUT2D eigenvalue weighted by Gasteiger charge is 2.23. The fourth-order valence-electron chi connectivity index (χ4n) is 6.72. The Morgan fingerprint density at radius 3 is 2.11 bits per heavy atom. The van der Waals surface area contributed by atoms with Crippen LogP contribution in [0, 0.1) is 0 Å². The predicted octanol–water partition coefficient (Wildman–Crippen LogP) is 5.87. The van der Waals surface area contributed by atoms with Gasteiger partial charge in [-0.2, -0.15) is 25.6 Å². The Bertz CT molecular complexity index is 2940. The summed E-state index contributed by atoms with van der Waals surface area (Å²) in [5.41, 5.74) is 7.29. The molecule has 1 aliphatic heterocycles.